The van der Waals surface area contributed by atoms with Crippen LogP contribution >= 0.6 is 0 Å². The van der Waals surface area contributed by atoms with Gasteiger partial charge in [0.05, 0.1) is 19.5 Å². The molecule has 0 aromatic carbocycles. The first-order valence-corrected chi connectivity index (χ1v) is 16.9. The van der Waals surface area contributed by atoms with Gasteiger partial charge in [0.1, 0.15) is 0 Å². The molecule has 0 aliphatic heterocycles. The molecule has 3 aliphatic carbocycles. The molecule has 3 saturated carbocycles. The van der Waals surface area contributed by atoms with Crippen LogP contribution < -0.4 is 16.0 Å². The van der Waals surface area contributed by atoms with Crippen LogP contribution in [0, 0.1) is 11.8 Å². The Hall–Kier alpha value is -3.38. The third-order valence-electron chi connectivity index (χ3n) is 9.55. The van der Waals surface area contributed by atoms with Crippen molar-refractivity contribution in [1.82, 2.24) is 25.8 Å². The maximum absolute atomic E-state index is 13.4. The predicted octanol–water partition coefficient (Wildman–Crippen LogP) is 2.87. The highest BCUT2D eigenvalue weighted by Crippen LogP contribution is 2.26. The van der Waals surface area contributed by atoms with Gasteiger partial charge in [-0.15, -0.1) is 0 Å². The van der Waals surface area contributed by atoms with Gasteiger partial charge in [-0.1, -0.05) is 39.0 Å². The van der Waals surface area contributed by atoms with Gasteiger partial charge in [0, 0.05) is 43.6 Å². The zero-order valence-electron chi connectivity index (χ0n) is 26.8. The summed E-state index contributed by atoms with van der Waals surface area (Å²) in [5.74, 6) is -3.02. The number of carbonyl (C=O) groups is 6. The van der Waals surface area contributed by atoms with Gasteiger partial charge in [-0.05, 0) is 63.7 Å². The summed E-state index contributed by atoms with van der Waals surface area (Å²) < 4.78 is 0. The van der Waals surface area contributed by atoms with Gasteiger partial charge in [-0.3, -0.25) is 24.0 Å². The SMILES string of the molecule is CC1CCCCC1NC(=O)NC1CCC(NC(=O)CN(CCCC(=O)O)C(=O)CN(CCC(=O)O)C(=O)C2CCCCC2)CC1. The molecule has 45 heavy (non-hydrogen) atoms. The molecule has 254 valence electrons. The van der Waals surface area contributed by atoms with Gasteiger partial charge in [-0.2, -0.15) is 0 Å². The third-order valence-corrected chi connectivity index (χ3v) is 9.55. The summed E-state index contributed by atoms with van der Waals surface area (Å²) in [7, 11) is 0. The average molecular weight is 636 g/mol. The quantitative estimate of drug-likeness (QED) is 0.182. The zero-order chi connectivity index (χ0) is 32.8. The van der Waals surface area contributed by atoms with E-state index in [-0.39, 0.29) is 87.3 Å². The summed E-state index contributed by atoms with van der Waals surface area (Å²) in [6.07, 6.45) is 11.1. The van der Waals surface area contributed by atoms with Gasteiger partial charge in [-0.25, -0.2) is 4.79 Å². The highest BCUT2D eigenvalue weighted by Gasteiger charge is 2.31. The number of hydrogen-bond acceptors (Lipinski definition) is 6. The Morgan fingerprint density at radius 1 is 0.644 bits per heavy atom. The van der Waals surface area contributed by atoms with E-state index in [1.807, 2.05) is 0 Å². The number of carboxylic acids is 2. The summed E-state index contributed by atoms with van der Waals surface area (Å²) in [5.41, 5.74) is 0. The molecule has 0 bridgehead atoms. The Labute approximate surface area is 266 Å². The Bertz CT molecular complexity index is 1030. The van der Waals surface area contributed by atoms with E-state index in [1.165, 1.54) is 16.2 Å². The Morgan fingerprint density at radius 2 is 1.24 bits per heavy atom. The number of nitrogens with one attached hydrogen (secondary N) is 3. The van der Waals surface area contributed by atoms with Crippen molar-refractivity contribution in [2.45, 2.75) is 128 Å². The van der Waals surface area contributed by atoms with Crippen LogP contribution in [0.25, 0.3) is 0 Å². The van der Waals surface area contributed by atoms with Crippen LogP contribution in [0.4, 0.5) is 4.79 Å². The van der Waals surface area contributed by atoms with Crippen molar-refractivity contribution in [3.05, 3.63) is 0 Å². The van der Waals surface area contributed by atoms with Crippen molar-refractivity contribution in [2.24, 2.45) is 11.8 Å². The average Bonchev–Trinajstić information content (AvgIpc) is 3.00. The molecular formula is C32H53N5O8. The summed E-state index contributed by atoms with van der Waals surface area (Å²) in [6, 6.07) is -0.0428. The number of nitrogens with zero attached hydrogens (tertiary/aromatic N) is 2. The van der Waals surface area contributed by atoms with Crippen molar-refractivity contribution in [3.8, 4) is 0 Å². The van der Waals surface area contributed by atoms with E-state index >= 15 is 0 Å². The van der Waals surface area contributed by atoms with Crippen molar-refractivity contribution in [2.75, 3.05) is 26.2 Å². The van der Waals surface area contributed by atoms with Crippen LogP contribution in [-0.2, 0) is 24.0 Å². The minimum absolute atomic E-state index is 0.0182. The Morgan fingerprint density at radius 3 is 1.87 bits per heavy atom. The van der Waals surface area contributed by atoms with Crippen LogP contribution in [0.2, 0.25) is 0 Å². The van der Waals surface area contributed by atoms with Crippen molar-refractivity contribution in [3.63, 3.8) is 0 Å². The highest BCUT2D eigenvalue weighted by molar-refractivity contribution is 5.89. The number of amides is 5. The molecule has 2 atom stereocenters. The second-order valence-electron chi connectivity index (χ2n) is 13.2. The summed E-state index contributed by atoms with van der Waals surface area (Å²) in [5, 5.41) is 27.5. The van der Waals surface area contributed by atoms with Crippen LogP contribution in [-0.4, -0.2) is 100 Å². The van der Waals surface area contributed by atoms with E-state index in [0.29, 0.717) is 44.4 Å². The second kappa shape index (κ2) is 18.6. The van der Waals surface area contributed by atoms with Crippen LogP contribution in [0.15, 0.2) is 0 Å². The molecule has 0 heterocycles. The number of carbonyl (C=O) groups excluding carboxylic acids is 4. The van der Waals surface area contributed by atoms with E-state index in [9.17, 15) is 33.9 Å². The van der Waals surface area contributed by atoms with Crippen molar-refractivity contribution in [1.29, 1.82) is 0 Å². The van der Waals surface area contributed by atoms with Gasteiger partial charge in [0.25, 0.3) is 0 Å². The molecule has 0 aromatic heterocycles. The Kier molecular flexibility index (Phi) is 14.9. The van der Waals surface area contributed by atoms with Crippen molar-refractivity contribution < 1.29 is 39.0 Å². The largest absolute Gasteiger partial charge is 0.481 e. The molecule has 3 fully saturated rings. The topological polar surface area (TPSA) is 185 Å². The number of aliphatic carboxylic acids is 2. The first-order chi connectivity index (χ1) is 21.5. The van der Waals surface area contributed by atoms with E-state index in [0.717, 1.165) is 38.5 Å². The van der Waals surface area contributed by atoms with E-state index in [2.05, 4.69) is 22.9 Å². The normalized spacial score (nSPS) is 23.8. The molecule has 0 saturated heterocycles. The number of urea groups is 1. The van der Waals surface area contributed by atoms with Gasteiger partial charge in [0.15, 0.2) is 0 Å². The van der Waals surface area contributed by atoms with Gasteiger partial charge >= 0.3 is 18.0 Å². The summed E-state index contributed by atoms with van der Waals surface area (Å²) >= 11 is 0. The highest BCUT2D eigenvalue weighted by atomic mass is 16.4. The lowest BCUT2D eigenvalue weighted by atomic mass is 9.86. The number of rotatable bonds is 15. The van der Waals surface area contributed by atoms with Gasteiger partial charge < -0.3 is 36.0 Å². The van der Waals surface area contributed by atoms with Crippen LogP contribution in [0.5, 0.6) is 0 Å². The fourth-order valence-electron chi connectivity index (χ4n) is 6.84. The van der Waals surface area contributed by atoms with E-state index in [1.54, 1.807) is 0 Å². The van der Waals surface area contributed by atoms with Crippen LogP contribution in [0.1, 0.15) is 110 Å². The molecular weight excluding hydrogens is 582 g/mol. The zero-order valence-corrected chi connectivity index (χ0v) is 26.8. The smallest absolute Gasteiger partial charge is 0.315 e. The minimum Gasteiger partial charge on any atom is -0.481 e. The Balaban J connectivity index is 1.51. The van der Waals surface area contributed by atoms with E-state index < -0.39 is 17.8 Å². The first kappa shape index (κ1) is 36.1. The summed E-state index contributed by atoms with van der Waals surface area (Å²) in [6.45, 7) is 1.44. The lowest BCUT2D eigenvalue weighted by Crippen LogP contribution is -2.52. The maximum atomic E-state index is 13.4. The molecule has 0 aromatic rings. The minimum atomic E-state index is -1.08. The predicted molar refractivity (Wildman–Crippen MR) is 166 cm³/mol. The second-order valence-corrected chi connectivity index (χ2v) is 13.2. The summed E-state index contributed by atoms with van der Waals surface area (Å²) in [4.78, 5) is 77.2. The van der Waals surface area contributed by atoms with Gasteiger partial charge in [0.2, 0.25) is 17.7 Å². The van der Waals surface area contributed by atoms with Crippen LogP contribution in [0.3, 0.4) is 0 Å². The fraction of sp³-hybridized carbons (Fsp3) is 0.812. The standard InChI is InChI=1S/C32H53N5O8/c1-22-8-5-6-11-26(22)35-32(45)34-25-15-13-24(14-16-25)33-27(38)20-36(18-7-12-29(40)41)28(39)21-37(19-17-30(42)43)31(44)23-9-3-2-4-10-23/h22-26H,2-21H2,1H3,(H,33,38)(H,40,41)(H,42,43)(H2,34,35,45). The fourth-order valence-corrected chi connectivity index (χ4v) is 6.84. The molecule has 3 rings (SSSR count). The number of carboxylic acid groups (broad SMARTS) is 2. The molecule has 5 N–H and O–H groups in total. The molecule has 13 heteroatoms. The lowest BCUT2D eigenvalue weighted by Gasteiger charge is -2.33. The monoisotopic (exact) mass is 635 g/mol. The molecule has 13 nitrogen and oxygen atoms in total. The maximum Gasteiger partial charge on any atom is 0.315 e. The molecule has 5 amide bonds. The molecule has 2 unspecified atom stereocenters. The third kappa shape index (κ3) is 12.9. The number of hydrogen-bond donors (Lipinski definition) is 5. The lowest BCUT2D eigenvalue weighted by molar-refractivity contribution is -0.146. The first-order valence-electron chi connectivity index (χ1n) is 16.9. The van der Waals surface area contributed by atoms with E-state index in [4.69, 9.17) is 5.11 Å². The van der Waals surface area contributed by atoms with Crippen molar-refractivity contribution >= 4 is 35.7 Å². The molecule has 0 spiro atoms. The molecule has 3 aliphatic rings. The molecule has 0 radical (unpaired) electrons.